The Kier molecular flexibility index (Phi) is 2.82. The molecule has 0 fully saturated rings. The predicted molar refractivity (Wildman–Crippen MR) is 67.2 cm³/mol. The minimum Gasteiger partial charge on any atom is -0.465 e. The molecule has 0 saturated carbocycles. The summed E-state index contributed by atoms with van der Waals surface area (Å²) in [6.45, 7) is 0. The summed E-state index contributed by atoms with van der Waals surface area (Å²) in [5, 5.41) is 0. The molecular weight excluding hydrogens is 288 g/mol. The van der Waals surface area contributed by atoms with E-state index in [1.54, 1.807) is 26.2 Å². The van der Waals surface area contributed by atoms with Crippen LogP contribution in [0, 0.1) is 0 Å². The van der Waals surface area contributed by atoms with E-state index in [0.717, 1.165) is 0 Å². The average molecular weight is 299 g/mol. The minimum absolute atomic E-state index is 0.178. The highest BCUT2D eigenvalue weighted by Gasteiger charge is 2.20. The number of aryl methyl sites for hydroxylation is 2. The first-order valence-electron chi connectivity index (χ1n) is 4.91. The van der Waals surface area contributed by atoms with Crippen molar-refractivity contribution in [2.24, 2.45) is 14.1 Å². The number of nitrogens with zero attached hydrogens (tertiary/aromatic N) is 2. The van der Waals surface area contributed by atoms with E-state index in [-0.39, 0.29) is 5.69 Å². The van der Waals surface area contributed by atoms with Gasteiger partial charge in [-0.25, -0.2) is 9.59 Å². The van der Waals surface area contributed by atoms with Crippen molar-refractivity contribution < 1.29 is 9.53 Å². The van der Waals surface area contributed by atoms with Gasteiger partial charge in [-0.2, -0.15) is 0 Å². The van der Waals surface area contributed by atoms with Crippen LogP contribution >= 0.6 is 15.9 Å². The lowest BCUT2D eigenvalue weighted by Gasteiger charge is -2.05. The third kappa shape index (κ3) is 1.59. The van der Waals surface area contributed by atoms with E-state index in [0.29, 0.717) is 21.1 Å². The van der Waals surface area contributed by atoms with Gasteiger partial charge >= 0.3 is 11.7 Å². The van der Waals surface area contributed by atoms with Crippen LogP contribution < -0.4 is 5.69 Å². The molecular formula is C11H11BrN2O3. The van der Waals surface area contributed by atoms with Crippen LogP contribution in [0.25, 0.3) is 11.0 Å². The molecule has 1 aromatic carbocycles. The fourth-order valence-electron chi connectivity index (χ4n) is 1.89. The summed E-state index contributed by atoms with van der Waals surface area (Å²) in [4.78, 5) is 23.6. The Balaban J connectivity index is 3.00. The maximum Gasteiger partial charge on any atom is 0.341 e. The number of fused-ring (bicyclic) bond motifs is 1. The van der Waals surface area contributed by atoms with Gasteiger partial charge in [-0.05, 0) is 28.1 Å². The average Bonchev–Trinajstić information content (AvgIpc) is 2.54. The van der Waals surface area contributed by atoms with Crippen LogP contribution in [0.5, 0.6) is 0 Å². The van der Waals surface area contributed by atoms with Gasteiger partial charge in [0.15, 0.2) is 0 Å². The van der Waals surface area contributed by atoms with E-state index in [9.17, 15) is 9.59 Å². The van der Waals surface area contributed by atoms with Crippen LogP contribution in [-0.4, -0.2) is 22.2 Å². The molecule has 2 rings (SSSR count). The molecule has 0 aliphatic rings. The summed E-state index contributed by atoms with van der Waals surface area (Å²) in [5.74, 6) is -0.469. The summed E-state index contributed by atoms with van der Waals surface area (Å²) in [7, 11) is 4.61. The Hall–Kier alpha value is -1.56. The quantitative estimate of drug-likeness (QED) is 0.749. The molecule has 0 saturated heterocycles. The molecule has 1 heterocycles. The largest absolute Gasteiger partial charge is 0.465 e. The third-order valence-electron chi connectivity index (χ3n) is 2.77. The first kappa shape index (κ1) is 11.9. The highest BCUT2D eigenvalue weighted by Crippen LogP contribution is 2.26. The van der Waals surface area contributed by atoms with E-state index in [1.165, 1.54) is 16.2 Å². The zero-order chi connectivity index (χ0) is 12.7. The molecule has 0 N–H and O–H groups in total. The third-order valence-corrected chi connectivity index (χ3v) is 3.43. The van der Waals surface area contributed by atoms with Gasteiger partial charge in [0, 0.05) is 18.6 Å². The zero-order valence-electron chi connectivity index (χ0n) is 9.65. The van der Waals surface area contributed by atoms with Crippen LogP contribution in [0.4, 0.5) is 0 Å². The number of imidazole rings is 1. The summed E-state index contributed by atoms with van der Waals surface area (Å²) >= 11 is 3.30. The molecule has 0 aliphatic heterocycles. The number of aromatic nitrogens is 2. The summed E-state index contributed by atoms with van der Waals surface area (Å²) in [6.07, 6.45) is 0. The van der Waals surface area contributed by atoms with Crippen molar-refractivity contribution in [2.45, 2.75) is 0 Å². The van der Waals surface area contributed by atoms with Crippen LogP contribution in [0.15, 0.2) is 21.4 Å². The van der Waals surface area contributed by atoms with Crippen molar-refractivity contribution in [1.82, 2.24) is 9.13 Å². The highest BCUT2D eigenvalue weighted by molar-refractivity contribution is 9.10. The van der Waals surface area contributed by atoms with Gasteiger partial charge in [0.1, 0.15) is 0 Å². The van der Waals surface area contributed by atoms with Crippen molar-refractivity contribution >= 4 is 32.9 Å². The number of benzene rings is 1. The SMILES string of the molecule is COC(=O)c1c(Br)ccc2c1n(C)c(=O)n2C. The van der Waals surface area contributed by atoms with E-state index < -0.39 is 5.97 Å². The number of hydrogen-bond donors (Lipinski definition) is 0. The van der Waals surface area contributed by atoms with Gasteiger partial charge in [0.05, 0.1) is 23.7 Å². The topological polar surface area (TPSA) is 53.2 Å². The zero-order valence-corrected chi connectivity index (χ0v) is 11.2. The molecule has 90 valence electrons. The lowest BCUT2D eigenvalue weighted by atomic mass is 10.2. The lowest BCUT2D eigenvalue weighted by molar-refractivity contribution is 0.0601. The Morgan fingerprint density at radius 2 is 1.94 bits per heavy atom. The fraction of sp³-hybridized carbons (Fsp3) is 0.273. The predicted octanol–water partition coefficient (Wildman–Crippen LogP) is 1.43. The number of halogens is 1. The van der Waals surface area contributed by atoms with E-state index in [1.807, 2.05) is 0 Å². The summed E-state index contributed by atoms with van der Waals surface area (Å²) in [6, 6.07) is 3.52. The van der Waals surface area contributed by atoms with Gasteiger partial charge in [0.25, 0.3) is 0 Å². The molecule has 6 heteroatoms. The normalized spacial score (nSPS) is 10.8. The molecule has 0 unspecified atom stereocenters. The Labute approximate surface area is 106 Å². The summed E-state index contributed by atoms with van der Waals surface area (Å²) < 4.78 is 8.28. The molecule has 1 aromatic heterocycles. The first-order valence-corrected chi connectivity index (χ1v) is 5.70. The molecule has 0 aliphatic carbocycles. The van der Waals surface area contributed by atoms with Gasteiger partial charge in [-0.3, -0.25) is 9.13 Å². The Bertz CT molecular complexity index is 669. The minimum atomic E-state index is -0.469. The van der Waals surface area contributed by atoms with Crippen molar-refractivity contribution in [1.29, 1.82) is 0 Å². The molecule has 5 nitrogen and oxygen atoms in total. The Morgan fingerprint density at radius 3 is 2.53 bits per heavy atom. The number of carbonyl (C=O) groups is 1. The molecule has 0 atom stereocenters. The fourth-order valence-corrected chi connectivity index (χ4v) is 2.37. The maximum atomic E-state index is 11.8. The van der Waals surface area contributed by atoms with Gasteiger partial charge in [-0.15, -0.1) is 0 Å². The highest BCUT2D eigenvalue weighted by atomic mass is 79.9. The van der Waals surface area contributed by atoms with Crippen molar-refractivity contribution in [3.63, 3.8) is 0 Å². The molecule has 0 spiro atoms. The van der Waals surface area contributed by atoms with Crippen molar-refractivity contribution in [3.05, 3.63) is 32.7 Å². The van der Waals surface area contributed by atoms with Gasteiger partial charge in [-0.1, -0.05) is 0 Å². The summed E-state index contributed by atoms with van der Waals surface area (Å²) in [5.41, 5.74) is 1.45. The molecule has 0 amide bonds. The molecule has 2 aromatic rings. The van der Waals surface area contributed by atoms with Crippen molar-refractivity contribution in [3.8, 4) is 0 Å². The maximum absolute atomic E-state index is 11.8. The second-order valence-corrected chi connectivity index (χ2v) is 4.54. The number of hydrogen-bond acceptors (Lipinski definition) is 3. The second kappa shape index (κ2) is 4.03. The van der Waals surface area contributed by atoms with Crippen LogP contribution in [0.1, 0.15) is 10.4 Å². The number of rotatable bonds is 1. The smallest absolute Gasteiger partial charge is 0.341 e. The van der Waals surface area contributed by atoms with Crippen LogP contribution in [0.3, 0.4) is 0 Å². The van der Waals surface area contributed by atoms with Gasteiger partial charge in [0.2, 0.25) is 0 Å². The molecule has 0 radical (unpaired) electrons. The van der Waals surface area contributed by atoms with E-state index >= 15 is 0 Å². The number of methoxy groups -OCH3 is 1. The lowest BCUT2D eigenvalue weighted by Crippen LogP contribution is -2.19. The van der Waals surface area contributed by atoms with Crippen molar-refractivity contribution in [2.75, 3.05) is 7.11 Å². The molecule has 17 heavy (non-hydrogen) atoms. The number of esters is 1. The van der Waals surface area contributed by atoms with E-state index in [2.05, 4.69) is 15.9 Å². The Morgan fingerprint density at radius 1 is 1.29 bits per heavy atom. The molecule has 0 bridgehead atoms. The van der Waals surface area contributed by atoms with Gasteiger partial charge < -0.3 is 4.74 Å². The first-order chi connectivity index (χ1) is 7.99. The number of ether oxygens (including phenoxy) is 1. The van der Waals surface area contributed by atoms with Crippen LogP contribution in [0.2, 0.25) is 0 Å². The van der Waals surface area contributed by atoms with Crippen LogP contribution in [-0.2, 0) is 18.8 Å². The number of carbonyl (C=O) groups excluding carboxylic acids is 1. The second-order valence-electron chi connectivity index (χ2n) is 3.68. The monoisotopic (exact) mass is 298 g/mol. The standard InChI is InChI=1S/C11H11BrN2O3/c1-13-7-5-4-6(12)8(10(15)17-3)9(7)14(2)11(13)16/h4-5H,1-3H3. The van der Waals surface area contributed by atoms with E-state index in [4.69, 9.17) is 4.74 Å².